The van der Waals surface area contributed by atoms with Gasteiger partial charge in [-0.3, -0.25) is 0 Å². The molecule has 0 saturated carbocycles. The molecule has 3 aromatic rings. The number of sulfonamides is 1. The molecule has 36 heavy (non-hydrogen) atoms. The Morgan fingerprint density at radius 2 is 1.58 bits per heavy atom. The zero-order valence-electron chi connectivity index (χ0n) is 21.6. The maximum Gasteiger partial charge on any atom is 0.407 e. The lowest BCUT2D eigenvalue weighted by Gasteiger charge is -2.19. The molecule has 0 aliphatic heterocycles. The maximum absolute atomic E-state index is 12.7. The Morgan fingerprint density at radius 1 is 0.917 bits per heavy atom. The van der Waals surface area contributed by atoms with E-state index in [1.54, 1.807) is 12.1 Å². The smallest absolute Gasteiger partial charge is 0.407 e. The molecule has 0 aliphatic carbocycles. The topological polar surface area (TPSA) is 87.7 Å². The lowest BCUT2D eigenvalue weighted by Crippen LogP contribution is -2.33. The minimum atomic E-state index is -3.55. The van der Waals surface area contributed by atoms with Crippen molar-refractivity contribution in [3.05, 3.63) is 77.9 Å². The monoisotopic (exact) mass is 511 g/mol. The number of aryl methyl sites for hydroxylation is 1. The first kappa shape index (κ1) is 27.6. The van der Waals surface area contributed by atoms with Gasteiger partial charge in [0.25, 0.3) is 0 Å². The second-order valence-corrected chi connectivity index (χ2v) is 11.8. The Hall–Kier alpha value is -2.94. The van der Waals surface area contributed by atoms with E-state index in [2.05, 4.69) is 27.1 Å². The summed E-state index contributed by atoms with van der Waals surface area (Å²) in [7, 11) is -1.55. The maximum atomic E-state index is 12.7. The van der Waals surface area contributed by atoms with Crippen LogP contribution in [-0.2, 0) is 27.7 Å². The molecular weight excluding hydrogens is 474 g/mol. The van der Waals surface area contributed by atoms with Crippen molar-refractivity contribution < 1.29 is 17.9 Å². The molecule has 2 N–H and O–H groups in total. The van der Waals surface area contributed by atoms with Gasteiger partial charge < -0.3 is 15.0 Å². The van der Waals surface area contributed by atoms with Gasteiger partial charge in [-0.25, -0.2) is 17.9 Å². The zero-order valence-corrected chi connectivity index (χ0v) is 22.4. The Balaban J connectivity index is 1.36. The van der Waals surface area contributed by atoms with Crippen LogP contribution in [0.3, 0.4) is 0 Å². The van der Waals surface area contributed by atoms with Gasteiger partial charge in [0.15, 0.2) is 0 Å². The number of hydrogen-bond acceptors (Lipinski definition) is 5. The first-order chi connectivity index (χ1) is 17.0. The van der Waals surface area contributed by atoms with Crippen molar-refractivity contribution in [1.82, 2.24) is 14.9 Å². The second kappa shape index (κ2) is 12.3. The van der Waals surface area contributed by atoms with Crippen LogP contribution in [0.15, 0.2) is 71.6 Å². The van der Waals surface area contributed by atoms with Gasteiger partial charge in [-0.05, 0) is 81.2 Å². The van der Waals surface area contributed by atoms with Gasteiger partial charge in [-0.15, -0.1) is 0 Å². The van der Waals surface area contributed by atoms with E-state index in [0.29, 0.717) is 19.6 Å². The van der Waals surface area contributed by atoms with Crippen LogP contribution < -0.4 is 10.0 Å². The molecule has 0 radical (unpaired) electrons. The molecule has 0 aliphatic rings. The predicted octanol–water partition coefficient (Wildman–Crippen LogP) is 4.71. The van der Waals surface area contributed by atoms with E-state index >= 15 is 0 Å². The summed E-state index contributed by atoms with van der Waals surface area (Å²) < 4.78 is 33.3. The van der Waals surface area contributed by atoms with Crippen LogP contribution in [0.1, 0.15) is 38.3 Å². The third-order valence-corrected chi connectivity index (χ3v) is 7.14. The minimum Gasteiger partial charge on any atom is -0.444 e. The van der Waals surface area contributed by atoms with Crippen LogP contribution in [0.5, 0.6) is 0 Å². The molecule has 0 unspecified atom stereocenters. The van der Waals surface area contributed by atoms with E-state index in [1.165, 1.54) is 5.56 Å². The molecule has 1 amide bonds. The van der Waals surface area contributed by atoms with E-state index in [1.807, 2.05) is 70.3 Å². The highest BCUT2D eigenvalue weighted by molar-refractivity contribution is 7.89. The average molecular weight is 512 g/mol. The van der Waals surface area contributed by atoms with Gasteiger partial charge in [0, 0.05) is 19.6 Å². The summed E-state index contributed by atoms with van der Waals surface area (Å²) in [6, 6.07) is 21.1. The van der Waals surface area contributed by atoms with Crippen molar-refractivity contribution in [3.63, 3.8) is 0 Å². The molecule has 0 aromatic heterocycles. The van der Waals surface area contributed by atoms with Crippen LogP contribution in [-0.4, -0.2) is 51.7 Å². The summed E-state index contributed by atoms with van der Waals surface area (Å²) in [4.78, 5) is 14.2. The number of likely N-dealkylation sites (N-methyl/N-ethyl adjacent to an activating group) is 1. The Kier molecular flexibility index (Phi) is 9.48. The number of ether oxygens (including phenoxy) is 1. The van der Waals surface area contributed by atoms with Gasteiger partial charge in [-0.1, -0.05) is 54.6 Å². The Labute approximate surface area is 214 Å². The number of nitrogens with one attached hydrogen (secondary N) is 2. The number of carbonyl (C=O) groups is 1. The number of amides is 1. The van der Waals surface area contributed by atoms with Crippen molar-refractivity contribution in [1.29, 1.82) is 0 Å². The number of nitrogens with zero attached hydrogens (tertiary/aromatic N) is 1. The largest absolute Gasteiger partial charge is 0.444 e. The minimum absolute atomic E-state index is 0.286. The normalized spacial score (nSPS) is 12.1. The fourth-order valence-electron chi connectivity index (χ4n) is 3.77. The number of benzene rings is 3. The van der Waals surface area contributed by atoms with Crippen molar-refractivity contribution >= 4 is 26.9 Å². The van der Waals surface area contributed by atoms with Gasteiger partial charge in [-0.2, -0.15) is 0 Å². The van der Waals surface area contributed by atoms with Crippen molar-refractivity contribution in [2.75, 3.05) is 26.7 Å². The van der Waals surface area contributed by atoms with Crippen molar-refractivity contribution in [2.45, 2.75) is 50.7 Å². The molecule has 3 rings (SSSR count). The lowest BCUT2D eigenvalue weighted by molar-refractivity contribution is 0.0523. The fraction of sp³-hybridized carbons (Fsp3) is 0.393. The average Bonchev–Trinajstić information content (AvgIpc) is 2.82. The number of alkyl carbamates (subject to hydrolysis) is 1. The van der Waals surface area contributed by atoms with Crippen molar-refractivity contribution in [3.8, 4) is 0 Å². The van der Waals surface area contributed by atoms with E-state index < -0.39 is 21.7 Å². The lowest BCUT2D eigenvalue weighted by atomic mass is 10.1. The quantitative estimate of drug-likeness (QED) is 0.389. The summed E-state index contributed by atoms with van der Waals surface area (Å²) in [6.07, 6.45) is 1.46. The van der Waals surface area contributed by atoms with Crippen molar-refractivity contribution in [2.24, 2.45) is 0 Å². The van der Waals surface area contributed by atoms with E-state index in [4.69, 9.17) is 4.74 Å². The summed E-state index contributed by atoms with van der Waals surface area (Å²) in [5.74, 6) is 0. The second-order valence-electron chi connectivity index (χ2n) is 9.99. The predicted molar refractivity (Wildman–Crippen MR) is 144 cm³/mol. The number of fused-ring (bicyclic) bond motifs is 1. The van der Waals surface area contributed by atoms with Crippen LogP contribution in [0.4, 0.5) is 4.79 Å². The number of hydrogen-bond donors (Lipinski definition) is 2. The molecule has 0 saturated heterocycles. The van der Waals surface area contributed by atoms with E-state index in [0.717, 1.165) is 35.7 Å². The van der Waals surface area contributed by atoms with E-state index in [-0.39, 0.29) is 4.90 Å². The van der Waals surface area contributed by atoms with E-state index in [9.17, 15) is 13.2 Å². The Morgan fingerprint density at radius 3 is 2.28 bits per heavy atom. The first-order valence-electron chi connectivity index (χ1n) is 12.2. The standard InChI is InChI=1S/C28H37N3O4S/c1-28(2,3)35-27(32)29-21-23-13-11-22(12-14-23)8-7-18-31(4)19-17-30-36(33,34)26-16-15-24-9-5-6-10-25(24)20-26/h5-6,9-16,20,30H,7-8,17-19,21H2,1-4H3,(H,29,32). The molecule has 0 heterocycles. The third kappa shape index (κ3) is 8.93. The number of rotatable bonds is 11. The zero-order chi connectivity index (χ0) is 26.2. The van der Waals surface area contributed by atoms with Crippen LogP contribution in [0, 0.1) is 0 Å². The first-order valence-corrected chi connectivity index (χ1v) is 13.7. The molecule has 194 valence electrons. The van der Waals surface area contributed by atoms with Crippen LogP contribution >= 0.6 is 0 Å². The molecule has 7 nitrogen and oxygen atoms in total. The van der Waals surface area contributed by atoms with Crippen LogP contribution in [0.2, 0.25) is 0 Å². The molecule has 0 fully saturated rings. The number of carbonyl (C=O) groups excluding carboxylic acids is 1. The summed E-state index contributed by atoms with van der Waals surface area (Å²) >= 11 is 0. The van der Waals surface area contributed by atoms with Gasteiger partial charge >= 0.3 is 6.09 Å². The summed E-state index contributed by atoms with van der Waals surface area (Å²) in [6.45, 7) is 7.77. The van der Waals surface area contributed by atoms with Crippen LogP contribution in [0.25, 0.3) is 10.8 Å². The molecule has 0 atom stereocenters. The molecule has 0 bridgehead atoms. The molecule has 3 aromatic carbocycles. The summed E-state index contributed by atoms with van der Waals surface area (Å²) in [5.41, 5.74) is 1.73. The molecule has 0 spiro atoms. The Bertz CT molecular complexity index is 1250. The van der Waals surface area contributed by atoms with Gasteiger partial charge in [0.05, 0.1) is 4.90 Å². The summed E-state index contributed by atoms with van der Waals surface area (Å²) in [5, 5.41) is 4.69. The fourth-order valence-corrected chi connectivity index (χ4v) is 4.82. The SMILES string of the molecule is CN(CCCc1ccc(CNC(=O)OC(C)(C)C)cc1)CCNS(=O)(=O)c1ccc2ccccc2c1. The van der Waals surface area contributed by atoms with Gasteiger partial charge in [0.1, 0.15) is 5.60 Å². The highest BCUT2D eigenvalue weighted by Crippen LogP contribution is 2.18. The third-order valence-electron chi connectivity index (χ3n) is 5.68. The molecule has 8 heteroatoms. The molecular formula is C28H37N3O4S. The highest BCUT2D eigenvalue weighted by atomic mass is 32.2. The highest BCUT2D eigenvalue weighted by Gasteiger charge is 2.16. The van der Waals surface area contributed by atoms with Gasteiger partial charge in [0.2, 0.25) is 10.0 Å².